The van der Waals surface area contributed by atoms with Gasteiger partial charge in [0, 0.05) is 29.7 Å². The van der Waals surface area contributed by atoms with E-state index in [9.17, 15) is 19.1 Å². The Labute approximate surface area is 168 Å². The zero-order chi connectivity index (χ0) is 19.7. The van der Waals surface area contributed by atoms with Crippen molar-refractivity contribution < 1.29 is 14.3 Å². The number of pyridine rings is 1. The van der Waals surface area contributed by atoms with Gasteiger partial charge in [-0.2, -0.15) is 0 Å². The van der Waals surface area contributed by atoms with Crippen LogP contribution in [0.4, 0.5) is 4.39 Å². The highest BCUT2D eigenvalue weighted by atomic mass is 35.5. The van der Waals surface area contributed by atoms with Crippen LogP contribution in [0.2, 0.25) is 0 Å². The van der Waals surface area contributed by atoms with Crippen molar-refractivity contribution in [3.8, 4) is 11.1 Å². The Hall–Kier alpha value is -2.70. The van der Waals surface area contributed by atoms with E-state index in [1.54, 1.807) is 16.7 Å². The lowest BCUT2D eigenvalue weighted by atomic mass is 9.95. The highest BCUT2D eigenvalue weighted by molar-refractivity contribution is 6.01. The minimum atomic E-state index is -1.08. The Morgan fingerprint density at radius 2 is 1.79 bits per heavy atom. The van der Waals surface area contributed by atoms with Gasteiger partial charge < -0.3 is 15.4 Å². The van der Waals surface area contributed by atoms with Crippen LogP contribution in [0, 0.1) is 11.7 Å². The maximum absolute atomic E-state index is 13.4. The second-order valence-electron chi connectivity index (χ2n) is 6.91. The Morgan fingerprint density at radius 3 is 2.32 bits per heavy atom. The fourth-order valence-electron chi connectivity index (χ4n) is 3.34. The summed E-state index contributed by atoms with van der Waals surface area (Å²) in [6, 6.07) is 10.3. The fraction of sp³-hybridized carbons (Fsp3) is 0.238. The first-order valence-electron chi connectivity index (χ1n) is 8.72. The molecule has 0 aliphatic rings. The van der Waals surface area contributed by atoms with Gasteiger partial charge in [0.1, 0.15) is 5.82 Å². The number of hydrogen-bond acceptors (Lipinski definition) is 3. The van der Waals surface area contributed by atoms with Crippen LogP contribution in [0.1, 0.15) is 29.9 Å². The van der Waals surface area contributed by atoms with Crippen molar-refractivity contribution in [2.45, 2.75) is 26.9 Å². The van der Waals surface area contributed by atoms with Gasteiger partial charge in [-0.25, -0.2) is 9.18 Å². The number of aromatic nitrogens is 1. The molecule has 1 aromatic heterocycles. The molecule has 5 nitrogen and oxygen atoms in total. The van der Waals surface area contributed by atoms with Crippen molar-refractivity contribution in [1.29, 1.82) is 0 Å². The first-order chi connectivity index (χ1) is 12.8. The van der Waals surface area contributed by atoms with Gasteiger partial charge in [-0.1, -0.05) is 26.0 Å². The Kier molecular flexibility index (Phi) is 6.59. The summed E-state index contributed by atoms with van der Waals surface area (Å²) >= 11 is 0. The number of rotatable bonds is 5. The third-order valence-electron chi connectivity index (χ3n) is 4.50. The molecule has 0 aliphatic carbocycles. The predicted molar refractivity (Wildman–Crippen MR) is 111 cm³/mol. The van der Waals surface area contributed by atoms with Gasteiger partial charge in [0.15, 0.2) is 0 Å². The molecule has 0 fully saturated rings. The fourth-order valence-corrected chi connectivity index (χ4v) is 3.34. The zero-order valence-electron chi connectivity index (χ0n) is 15.6. The molecular weight excluding hydrogens is 383 g/mol. The number of halogens is 2. The normalized spacial score (nSPS) is 10.9. The number of nitrogens with two attached hydrogens (primary N) is 1. The zero-order valence-corrected chi connectivity index (χ0v) is 16.4. The molecule has 0 saturated heterocycles. The van der Waals surface area contributed by atoms with Crippen molar-refractivity contribution in [2.75, 3.05) is 0 Å². The smallest absolute Gasteiger partial charge is 0.335 e. The van der Waals surface area contributed by atoms with Gasteiger partial charge in [-0.15, -0.1) is 12.4 Å². The summed E-state index contributed by atoms with van der Waals surface area (Å²) in [6.45, 7) is 4.59. The van der Waals surface area contributed by atoms with Crippen LogP contribution in [0.15, 0.2) is 47.3 Å². The number of nitrogens with zero attached hydrogens (tertiary/aromatic N) is 1. The third kappa shape index (κ3) is 3.93. The molecule has 3 aromatic rings. The quantitative estimate of drug-likeness (QED) is 0.672. The molecule has 0 saturated carbocycles. The third-order valence-corrected chi connectivity index (χ3v) is 4.50. The van der Waals surface area contributed by atoms with Crippen LogP contribution in [0.25, 0.3) is 21.9 Å². The van der Waals surface area contributed by atoms with Crippen molar-refractivity contribution in [3.63, 3.8) is 0 Å². The standard InChI is InChI=1S/C21H21FN2O3.ClH/c1-12(2)11-24-18(10-23)19(13-3-6-15(22)7-4-13)17-9-14(21(26)27)5-8-16(17)20(24)25;/h3-9,12H,10-11,23H2,1-2H3,(H,26,27);1H. The lowest BCUT2D eigenvalue weighted by Crippen LogP contribution is -2.28. The molecule has 0 aliphatic heterocycles. The first kappa shape index (κ1) is 21.6. The summed E-state index contributed by atoms with van der Waals surface area (Å²) in [4.78, 5) is 24.5. The highest BCUT2D eigenvalue weighted by Gasteiger charge is 2.19. The molecule has 0 bridgehead atoms. The highest BCUT2D eigenvalue weighted by Crippen LogP contribution is 2.32. The van der Waals surface area contributed by atoms with Gasteiger partial charge in [0.2, 0.25) is 0 Å². The number of carbonyl (C=O) groups is 1. The van der Waals surface area contributed by atoms with Crippen molar-refractivity contribution in [1.82, 2.24) is 4.57 Å². The van der Waals surface area contributed by atoms with E-state index < -0.39 is 5.97 Å². The van der Waals surface area contributed by atoms with Gasteiger partial charge >= 0.3 is 5.97 Å². The van der Waals surface area contributed by atoms with Crippen molar-refractivity contribution in [2.24, 2.45) is 11.7 Å². The molecule has 3 rings (SSSR count). The average molecular weight is 405 g/mol. The van der Waals surface area contributed by atoms with E-state index in [-0.39, 0.29) is 41.8 Å². The average Bonchev–Trinajstić information content (AvgIpc) is 2.63. The van der Waals surface area contributed by atoms with Gasteiger partial charge in [0.25, 0.3) is 5.56 Å². The minimum absolute atomic E-state index is 0. The molecule has 2 aromatic carbocycles. The summed E-state index contributed by atoms with van der Waals surface area (Å²) in [6.07, 6.45) is 0. The van der Waals surface area contributed by atoms with Crippen molar-refractivity contribution >= 4 is 29.1 Å². The molecule has 0 spiro atoms. The molecule has 3 N–H and O–H groups in total. The number of carboxylic acid groups (broad SMARTS) is 1. The van der Waals surface area contributed by atoms with Gasteiger partial charge in [-0.3, -0.25) is 4.79 Å². The molecule has 0 unspecified atom stereocenters. The molecule has 7 heteroatoms. The molecule has 1 heterocycles. The number of hydrogen-bond donors (Lipinski definition) is 2. The Morgan fingerprint density at radius 1 is 1.14 bits per heavy atom. The summed E-state index contributed by atoms with van der Waals surface area (Å²) in [5, 5.41) is 10.3. The Bertz CT molecular complexity index is 1080. The van der Waals surface area contributed by atoms with Crippen LogP contribution in [-0.2, 0) is 13.1 Å². The second kappa shape index (κ2) is 8.54. The Balaban J connectivity index is 0.00000280. The van der Waals surface area contributed by atoms with Crippen LogP contribution in [0.5, 0.6) is 0 Å². The first-order valence-corrected chi connectivity index (χ1v) is 8.72. The lowest BCUT2D eigenvalue weighted by Gasteiger charge is -2.20. The molecule has 0 radical (unpaired) electrons. The van der Waals surface area contributed by atoms with Gasteiger partial charge in [-0.05, 0) is 47.2 Å². The second-order valence-corrected chi connectivity index (χ2v) is 6.91. The summed E-state index contributed by atoms with van der Waals surface area (Å²) < 4.78 is 15.1. The summed E-state index contributed by atoms with van der Waals surface area (Å²) in [5.74, 6) is -1.24. The van der Waals surface area contributed by atoms with Crippen molar-refractivity contribution in [3.05, 3.63) is 69.9 Å². The predicted octanol–water partition coefficient (Wildman–Crippen LogP) is 4.04. The number of benzene rings is 2. The molecule has 28 heavy (non-hydrogen) atoms. The van der Waals surface area contributed by atoms with Gasteiger partial charge in [0.05, 0.1) is 5.56 Å². The van der Waals surface area contributed by atoms with E-state index in [4.69, 9.17) is 5.73 Å². The van der Waals surface area contributed by atoms with E-state index in [1.165, 1.54) is 30.3 Å². The summed E-state index contributed by atoms with van der Waals surface area (Å²) in [7, 11) is 0. The van der Waals surface area contributed by atoms with E-state index >= 15 is 0 Å². The largest absolute Gasteiger partial charge is 0.478 e. The van der Waals surface area contributed by atoms with Crippen LogP contribution in [-0.4, -0.2) is 15.6 Å². The molecule has 0 atom stereocenters. The maximum atomic E-state index is 13.4. The summed E-state index contributed by atoms with van der Waals surface area (Å²) in [5.41, 5.74) is 7.83. The van der Waals surface area contributed by atoms with E-state index in [0.29, 0.717) is 34.1 Å². The van der Waals surface area contributed by atoms with Crippen LogP contribution in [0.3, 0.4) is 0 Å². The minimum Gasteiger partial charge on any atom is -0.478 e. The molecular formula is C21H22ClFN2O3. The van der Waals surface area contributed by atoms with Crippen LogP contribution < -0.4 is 11.3 Å². The SMILES string of the molecule is CC(C)Cn1c(CN)c(-c2ccc(F)cc2)c2cc(C(=O)O)ccc2c1=O.Cl. The molecule has 0 amide bonds. The monoisotopic (exact) mass is 404 g/mol. The lowest BCUT2D eigenvalue weighted by molar-refractivity contribution is 0.0697. The number of fused-ring (bicyclic) bond motifs is 1. The van der Waals surface area contributed by atoms with E-state index in [2.05, 4.69) is 0 Å². The maximum Gasteiger partial charge on any atom is 0.335 e. The molecule has 148 valence electrons. The topological polar surface area (TPSA) is 85.3 Å². The number of aromatic carboxylic acids is 1. The van der Waals surface area contributed by atoms with E-state index in [0.717, 1.165) is 0 Å². The number of carboxylic acids is 1. The van der Waals surface area contributed by atoms with E-state index in [1.807, 2.05) is 13.8 Å². The van der Waals surface area contributed by atoms with Crippen LogP contribution >= 0.6 is 12.4 Å².